The first-order valence-corrected chi connectivity index (χ1v) is 5.68. The molecule has 2 aromatic heterocycles. The minimum atomic E-state index is -0.483. The quantitative estimate of drug-likeness (QED) is 0.904. The van der Waals surface area contributed by atoms with Gasteiger partial charge in [0.25, 0.3) is 5.56 Å². The highest BCUT2D eigenvalue weighted by atomic mass is 19.1. The number of pyridine rings is 2. The maximum Gasteiger partial charge on any atom is 0.279 e. The molecule has 2 aromatic rings. The summed E-state index contributed by atoms with van der Waals surface area (Å²) in [5, 5.41) is 2.92. The van der Waals surface area contributed by atoms with E-state index in [2.05, 4.69) is 10.3 Å². The zero-order chi connectivity index (χ0) is 13.1. The summed E-state index contributed by atoms with van der Waals surface area (Å²) in [6, 6.07) is 6.38. The SMILES string of the molecule is CC(C)Nc1cc(F)cn(-c2ccccn2)c1=O. The topological polar surface area (TPSA) is 46.9 Å². The zero-order valence-electron chi connectivity index (χ0n) is 10.2. The molecule has 0 aliphatic rings. The second-order valence-electron chi connectivity index (χ2n) is 4.23. The summed E-state index contributed by atoms with van der Waals surface area (Å²) in [6.07, 6.45) is 2.69. The summed E-state index contributed by atoms with van der Waals surface area (Å²) < 4.78 is 14.7. The Hall–Kier alpha value is -2.17. The van der Waals surface area contributed by atoms with Crippen molar-refractivity contribution >= 4 is 5.69 Å². The van der Waals surface area contributed by atoms with Crippen molar-refractivity contribution in [1.29, 1.82) is 0 Å². The van der Waals surface area contributed by atoms with Crippen LogP contribution in [0.4, 0.5) is 10.1 Å². The molecule has 0 saturated heterocycles. The van der Waals surface area contributed by atoms with Crippen LogP contribution in [0, 0.1) is 5.82 Å². The number of nitrogens with zero attached hydrogens (tertiary/aromatic N) is 2. The summed E-state index contributed by atoms with van der Waals surface area (Å²) >= 11 is 0. The number of rotatable bonds is 3. The van der Waals surface area contributed by atoms with Crippen LogP contribution in [0.3, 0.4) is 0 Å². The van der Waals surface area contributed by atoms with E-state index >= 15 is 0 Å². The first kappa shape index (κ1) is 12.3. The third kappa shape index (κ3) is 2.56. The average Bonchev–Trinajstić information content (AvgIpc) is 2.34. The third-order valence-electron chi connectivity index (χ3n) is 2.32. The smallest absolute Gasteiger partial charge is 0.279 e. The van der Waals surface area contributed by atoms with Crippen molar-refractivity contribution < 1.29 is 4.39 Å². The van der Waals surface area contributed by atoms with Crippen LogP contribution in [0.15, 0.2) is 41.5 Å². The van der Waals surface area contributed by atoms with Gasteiger partial charge in [-0.2, -0.15) is 0 Å². The second kappa shape index (κ2) is 5.00. The molecule has 94 valence electrons. The number of hydrogen-bond acceptors (Lipinski definition) is 3. The molecule has 0 aliphatic carbocycles. The molecule has 0 atom stereocenters. The molecule has 4 nitrogen and oxygen atoms in total. The zero-order valence-corrected chi connectivity index (χ0v) is 10.2. The molecule has 0 saturated carbocycles. The number of halogens is 1. The van der Waals surface area contributed by atoms with Gasteiger partial charge in [-0.25, -0.2) is 9.37 Å². The number of nitrogens with one attached hydrogen (secondary N) is 1. The van der Waals surface area contributed by atoms with Crippen LogP contribution >= 0.6 is 0 Å². The summed E-state index contributed by atoms with van der Waals surface area (Å²) in [7, 11) is 0. The highest BCUT2D eigenvalue weighted by molar-refractivity contribution is 5.43. The molecule has 0 aliphatic heterocycles. The first-order valence-electron chi connectivity index (χ1n) is 5.68. The molecular formula is C13H14FN3O. The molecule has 0 spiro atoms. The van der Waals surface area contributed by atoms with Gasteiger partial charge in [0.15, 0.2) is 0 Å². The van der Waals surface area contributed by atoms with Crippen molar-refractivity contribution in [2.75, 3.05) is 5.32 Å². The Morgan fingerprint density at radius 1 is 1.39 bits per heavy atom. The molecule has 0 radical (unpaired) electrons. The Labute approximate surface area is 104 Å². The summed E-state index contributed by atoms with van der Waals surface area (Å²) in [5.74, 6) is -0.0859. The van der Waals surface area contributed by atoms with Gasteiger partial charge in [-0.3, -0.25) is 9.36 Å². The lowest BCUT2D eigenvalue weighted by molar-refractivity contribution is 0.612. The lowest BCUT2D eigenvalue weighted by Gasteiger charge is -2.12. The highest BCUT2D eigenvalue weighted by Gasteiger charge is 2.09. The predicted molar refractivity (Wildman–Crippen MR) is 68.6 cm³/mol. The van der Waals surface area contributed by atoms with Crippen LogP contribution in [0.25, 0.3) is 5.82 Å². The minimum Gasteiger partial charge on any atom is -0.378 e. The van der Waals surface area contributed by atoms with Gasteiger partial charge in [0, 0.05) is 24.5 Å². The van der Waals surface area contributed by atoms with Crippen molar-refractivity contribution in [3.8, 4) is 5.82 Å². The van der Waals surface area contributed by atoms with E-state index in [0.29, 0.717) is 5.82 Å². The van der Waals surface area contributed by atoms with E-state index in [1.165, 1.54) is 10.6 Å². The molecular weight excluding hydrogens is 233 g/mol. The Kier molecular flexibility index (Phi) is 3.41. The van der Waals surface area contributed by atoms with Gasteiger partial charge in [-0.1, -0.05) is 6.07 Å². The lowest BCUT2D eigenvalue weighted by Crippen LogP contribution is -2.25. The molecule has 0 bridgehead atoms. The fraction of sp³-hybridized carbons (Fsp3) is 0.231. The fourth-order valence-corrected chi connectivity index (χ4v) is 1.63. The third-order valence-corrected chi connectivity index (χ3v) is 2.32. The van der Waals surface area contributed by atoms with E-state index < -0.39 is 5.82 Å². The highest BCUT2D eigenvalue weighted by Crippen LogP contribution is 2.08. The van der Waals surface area contributed by atoms with Crippen LogP contribution in [0.2, 0.25) is 0 Å². The van der Waals surface area contributed by atoms with Crippen LogP contribution in [0.5, 0.6) is 0 Å². The Balaban J connectivity index is 2.55. The van der Waals surface area contributed by atoms with E-state index in [1.807, 2.05) is 13.8 Å². The largest absolute Gasteiger partial charge is 0.378 e. The monoisotopic (exact) mass is 247 g/mol. The Bertz CT molecular complexity index is 593. The molecule has 0 fully saturated rings. The minimum absolute atomic E-state index is 0.0525. The van der Waals surface area contributed by atoms with Crippen molar-refractivity contribution in [3.05, 3.63) is 52.8 Å². The number of anilines is 1. The number of hydrogen-bond donors (Lipinski definition) is 1. The Morgan fingerprint density at radius 2 is 2.17 bits per heavy atom. The van der Waals surface area contributed by atoms with Crippen LogP contribution in [-0.4, -0.2) is 15.6 Å². The predicted octanol–water partition coefficient (Wildman–Crippen LogP) is 2.19. The Morgan fingerprint density at radius 3 is 2.78 bits per heavy atom. The number of aromatic nitrogens is 2. The van der Waals surface area contributed by atoms with Crippen LogP contribution < -0.4 is 10.9 Å². The van der Waals surface area contributed by atoms with Crippen LogP contribution in [-0.2, 0) is 0 Å². The average molecular weight is 247 g/mol. The van der Waals surface area contributed by atoms with Gasteiger partial charge in [0.05, 0.1) is 0 Å². The molecule has 18 heavy (non-hydrogen) atoms. The van der Waals surface area contributed by atoms with Crippen molar-refractivity contribution in [3.63, 3.8) is 0 Å². The molecule has 2 heterocycles. The molecule has 5 heteroatoms. The molecule has 1 N–H and O–H groups in total. The maximum atomic E-state index is 13.5. The van der Waals surface area contributed by atoms with Crippen molar-refractivity contribution in [2.45, 2.75) is 19.9 Å². The summed E-state index contributed by atoms with van der Waals surface area (Å²) in [6.45, 7) is 3.77. The van der Waals surface area contributed by atoms with Gasteiger partial charge >= 0.3 is 0 Å². The van der Waals surface area contributed by atoms with Crippen molar-refractivity contribution in [1.82, 2.24) is 9.55 Å². The van der Waals surface area contributed by atoms with Gasteiger partial charge in [-0.15, -0.1) is 0 Å². The van der Waals surface area contributed by atoms with E-state index in [0.717, 1.165) is 6.20 Å². The van der Waals surface area contributed by atoms with Crippen molar-refractivity contribution in [2.24, 2.45) is 0 Å². The standard InChI is InChI=1S/C13H14FN3O/c1-9(2)16-11-7-10(14)8-17(13(11)18)12-5-3-4-6-15-12/h3-9,16H,1-2H3. The summed E-state index contributed by atoms with van der Waals surface area (Å²) in [4.78, 5) is 16.2. The van der Waals surface area contributed by atoms with Gasteiger partial charge in [-0.05, 0) is 26.0 Å². The molecule has 0 unspecified atom stereocenters. The lowest BCUT2D eigenvalue weighted by atomic mass is 10.3. The van der Waals surface area contributed by atoms with E-state index in [9.17, 15) is 9.18 Å². The van der Waals surface area contributed by atoms with E-state index in [4.69, 9.17) is 0 Å². The molecule has 2 rings (SSSR count). The van der Waals surface area contributed by atoms with Gasteiger partial charge < -0.3 is 5.32 Å². The molecule has 0 amide bonds. The first-order chi connectivity index (χ1) is 8.58. The fourth-order valence-electron chi connectivity index (χ4n) is 1.63. The second-order valence-corrected chi connectivity index (χ2v) is 4.23. The maximum absolute atomic E-state index is 13.5. The van der Waals surface area contributed by atoms with Crippen LogP contribution in [0.1, 0.15) is 13.8 Å². The van der Waals surface area contributed by atoms with Gasteiger partial charge in [0.2, 0.25) is 0 Å². The summed E-state index contributed by atoms with van der Waals surface area (Å²) in [5.41, 5.74) is -0.0838. The van der Waals surface area contributed by atoms with E-state index in [-0.39, 0.29) is 17.3 Å². The van der Waals surface area contributed by atoms with E-state index in [1.54, 1.807) is 24.4 Å². The normalized spacial score (nSPS) is 10.7. The van der Waals surface area contributed by atoms with Gasteiger partial charge in [0.1, 0.15) is 17.3 Å². The molecule has 0 aromatic carbocycles.